The lowest BCUT2D eigenvalue weighted by molar-refractivity contribution is -0.775. The Balaban J connectivity index is 2.54. The molecule has 1 aromatic carbocycles. The number of aromatic carboxylic acids is 2. The second-order valence-corrected chi connectivity index (χ2v) is 5.44. The molecule has 26 heavy (non-hydrogen) atoms. The van der Waals surface area contributed by atoms with Crippen LogP contribution in [0.3, 0.4) is 0 Å². The molecule has 2 unspecified atom stereocenters. The summed E-state index contributed by atoms with van der Waals surface area (Å²) < 4.78 is 0. The van der Waals surface area contributed by atoms with Gasteiger partial charge in [-0.25, -0.2) is 19.4 Å². The molecule has 1 aromatic rings. The van der Waals surface area contributed by atoms with Gasteiger partial charge in [-0.05, 0) is 24.3 Å². The summed E-state index contributed by atoms with van der Waals surface area (Å²) >= 11 is 0. The van der Waals surface area contributed by atoms with E-state index in [9.17, 15) is 39.6 Å². The summed E-state index contributed by atoms with van der Waals surface area (Å²) in [5, 5.41) is 38.1. The molecule has 10 nitrogen and oxygen atoms in total. The van der Waals surface area contributed by atoms with Crippen LogP contribution in [0.1, 0.15) is 26.3 Å². The van der Waals surface area contributed by atoms with Gasteiger partial charge in [-0.15, -0.1) is 0 Å². The summed E-state index contributed by atoms with van der Waals surface area (Å²) in [6.07, 6.45) is 1.21. The van der Waals surface area contributed by atoms with Crippen LogP contribution in [0.25, 0.3) is 5.57 Å². The van der Waals surface area contributed by atoms with Gasteiger partial charge in [0.25, 0.3) is 0 Å². The van der Waals surface area contributed by atoms with Crippen LogP contribution in [-0.4, -0.2) is 56.8 Å². The van der Waals surface area contributed by atoms with Gasteiger partial charge in [0.15, 0.2) is 5.69 Å². The van der Waals surface area contributed by atoms with Crippen LogP contribution in [0.5, 0.6) is 0 Å². The van der Waals surface area contributed by atoms with Gasteiger partial charge in [0.1, 0.15) is 5.56 Å². The molecule has 0 bridgehead atoms. The molecule has 5 N–H and O–H groups in total. The monoisotopic (exact) mass is 359 g/mol. The highest BCUT2D eigenvalue weighted by Gasteiger charge is 2.47. The topological polar surface area (TPSA) is 166 Å². The molecule has 0 saturated heterocycles. The predicted molar refractivity (Wildman–Crippen MR) is 85.0 cm³/mol. The van der Waals surface area contributed by atoms with Crippen molar-refractivity contribution in [3.63, 3.8) is 0 Å². The first kappa shape index (κ1) is 17.0. The van der Waals surface area contributed by atoms with Gasteiger partial charge in [-0.2, -0.15) is 9.69 Å². The summed E-state index contributed by atoms with van der Waals surface area (Å²) in [4.78, 5) is 50.4. The van der Waals surface area contributed by atoms with E-state index in [-0.39, 0.29) is 5.57 Å². The van der Waals surface area contributed by atoms with Crippen molar-refractivity contribution in [1.29, 1.82) is 0 Å². The largest absolute Gasteiger partial charge is 0.519 e. The van der Waals surface area contributed by atoms with E-state index in [1.54, 1.807) is 0 Å². The number of rotatable bonds is 3. The molecule has 0 radical (unpaired) electrons. The van der Waals surface area contributed by atoms with Crippen LogP contribution < -0.4 is 4.90 Å². The SMILES string of the molecule is O=C(O)C1=C2C=CC=NC2[NH+](C(=O)O)c2c(C(=O)O)ccc(C(=O)O)c21. The highest BCUT2D eigenvalue weighted by molar-refractivity contribution is 6.22. The predicted octanol–water partition coefficient (Wildman–Crippen LogP) is 0.0959. The maximum absolute atomic E-state index is 11.9. The van der Waals surface area contributed by atoms with Gasteiger partial charge in [0.2, 0.25) is 6.17 Å². The molecule has 0 aliphatic carbocycles. The van der Waals surface area contributed by atoms with Crippen molar-refractivity contribution in [2.24, 2.45) is 4.99 Å². The van der Waals surface area contributed by atoms with Crippen molar-refractivity contribution >= 4 is 41.5 Å². The number of aliphatic imine (C=N–C) groups is 1. The Morgan fingerprint density at radius 2 is 1.54 bits per heavy atom. The van der Waals surface area contributed by atoms with E-state index >= 15 is 0 Å². The summed E-state index contributed by atoms with van der Waals surface area (Å²) in [6, 6.07) is 1.89. The average Bonchev–Trinajstić information content (AvgIpc) is 2.57. The summed E-state index contributed by atoms with van der Waals surface area (Å²) in [5.41, 5.74) is -2.42. The van der Waals surface area contributed by atoms with Gasteiger partial charge < -0.3 is 20.4 Å². The first-order chi connectivity index (χ1) is 12.3. The number of amides is 1. The first-order valence-electron chi connectivity index (χ1n) is 7.17. The maximum atomic E-state index is 11.9. The molecule has 2 aliphatic heterocycles. The second kappa shape index (κ2) is 5.93. The number of dihydropyridines is 1. The molecule has 2 atom stereocenters. The third-order valence-electron chi connectivity index (χ3n) is 4.08. The van der Waals surface area contributed by atoms with Gasteiger partial charge in [-0.3, -0.25) is 0 Å². The van der Waals surface area contributed by atoms with Crippen LogP contribution in [0, 0.1) is 0 Å². The smallest absolute Gasteiger partial charge is 0.478 e. The number of nitrogens with one attached hydrogen (secondary N) is 1. The molecule has 132 valence electrons. The Labute approximate surface area is 144 Å². The summed E-state index contributed by atoms with van der Waals surface area (Å²) in [5.74, 6) is -4.54. The molecule has 3 rings (SSSR count). The van der Waals surface area contributed by atoms with E-state index in [0.29, 0.717) is 0 Å². The Kier molecular flexibility index (Phi) is 3.89. The van der Waals surface area contributed by atoms with E-state index in [2.05, 4.69) is 4.99 Å². The molecule has 2 aliphatic rings. The zero-order chi connectivity index (χ0) is 19.2. The Hall–Kier alpha value is -3.79. The fraction of sp³-hybridized carbons (Fsp3) is 0.0625. The summed E-state index contributed by atoms with van der Waals surface area (Å²) in [6.45, 7) is 0. The van der Waals surface area contributed by atoms with Crippen LogP contribution in [0.4, 0.5) is 10.5 Å². The number of benzene rings is 1. The van der Waals surface area contributed by atoms with Crippen LogP contribution in [0.2, 0.25) is 0 Å². The van der Waals surface area contributed by atoms with E-state index in [0.717, 1.165) is 12.1 Å². The molecule has 1 amide bonds. The van der Waals surface area contributed by atoms with E-state index in [1.165, 1.54) is 18.4 Å². The van der Waals surface area contributed by atoms with E-state index in [4.69, 9.17) is 0 Å². The minimum atomic E-state index is -1.52. The molecule has 0 aromatic heterocycles. The van der Waals surface area contributed by atoms with Gasteiger partial charge in [0, 0.05) is 11.8 Å². The number of carboxylic acids is 3. The molecular formula is C16H11N2O8+. The third kappa shape index (κ3) is 2.36. The lowest BCUT2D eigenvalue weighted by Crippen LogP contribution is -3.14. The average molecular weight is 359 g/mol. The van der Waals surface area contributed by atoms with Gasteiger partial charge in [-0.1, -0.05) is 0 Å². The summed E-state index contributed by atoms with van der Waals surface area (Å²) in [7, 11) is 0. The number of carbonyl (C=O) groups is 4. The number of aliphatic carboxylic acids is 1. The normalized spacial score (nSPS) is 20.3. The van der Waals surface area contributed by atoms with Crippen LogP contribution >= 0.6 is 0 Å². The second-order valence-electron chi connectivity index (χ2n) is 5.44. The lowest BCUT2D eigenvalue weighted by atomic mass is 9.85. The number of quaternary nitrogens is 1. The van der Waals surface area contributed by atoms with Gasteiger partial charge in [0.05, 0.1) is 16.7 Å². The number of hydrogen-bond acceptors (Lipinski definition) is 5. The van der Waals surface area contributed by atoms with Crippen molar-refractivity contribution in [3.8, 4) is 0 Å². The molecular weight excluding hydrogens is 348 g/mol. The highest BCUT2D eigenvalue weighted by Crippen LogP contribution is 2.37. The van der Waals surface area contributed by atoms with Crippen molar-refractivity contribution in [3.05, 3.63) is 46.5 Å². The van der Waals surface area contributed by atoms with Crippen LogP contribution in [0.15, 0.2) is 34.9 Å². The zero-order valence-corrected chi connectivity index (χ0v) is 12.8. The van der Waals surface area contributed by atoms with Gasteiger partial charge >= 0.3 is 24.0 Å². The zero-order valence-electron chi connectivity index (χ0n) is 12.8. The van der Waals surface area contributed by atoms with Crippen molar-refractivity contribution < 1.29 is 44.5 Å². The van der Waals surface area contributed by atoms with Crippen molar-refractivity contribution in [2.45, 2.75) is 6.17 Å². The van der Waals surface area contributed by atoms with Crippen molar-refractivity contribution in [1.82, 2.24) is 0 Å². The van der Waals surface area contributed by atoms with E-state index in [1.807, 2.05) is 0 Å². The minimum absolute atomic E-state index is 0.0186. The molecule has 2 heterocycles. The van der Waals surface area contributed by atoms with E-state index < -0.39 is 63.0 Å². The lowest BCUT2D eigenvalue weighted by Gasteiger charge is -2.31. The molecule has 0 saturated carbocycles. The third-order valence-corrected chi connectivity index (χ3v) is 4.08. The number of allylic oxidation sites excluding steroid dienone is 1. The number of nitrogens with zero attached hydrogens (tertiary/aromatic N) is 1. The Morgan fingerprint density at radius 3 is 2.08 bits per heavy atom. The quantitative estimate of drug-likeness (QED) is 0.506. The molecule has 0 spiro atoms. The fourth-order valence-corrected chi connectivity index (χ4v) is 3.14. The number of carboxylic acid groups (broad SMARTS) is 4. The first-order valence-corrected chi connectivity index (χ1v) is 7.17. The standard InChI is InChI=1S/C16H10N2O8/c19-13(20)7-3-4-8(14(21)22)11-9(7)10(15(23)24)6-2-1-5-17-12(6)18(11)16(25)26/h1-5,12H,(H,19,20)(H,21,22)(H,23,24)(H,25,26)/p+1. The molecule has 0 fully saturated rings. The molecule has 10 heteroatoms. The Bertz CT molecular complexity index is 973. The maximum Gasteiger partial charge on any atom is 0.519 e. The number of hydrogen-bond donors (Lipinski definition) is 5. The highest BCUT2D eigenvalue weighted by atomic mass is 16.4. The minimum Gasteiger partial charge on any atom is -0.478 e. The Morgan fingerprint density at radius 1 is 0.923 bits per heavy atom. The number of fused-ring (bicyclic) bond motifs is 2. The fourth-order valence-electron chi connectivity index (χ4n) is 3.14. The van der Waals surface area contributed by atoms with Crippen molar-refractivity contribution in [2.75, 3.05) is 0 Å². The van der Waals surface area contributed by atoms with Crippen LogP contribution in [-0.2, 0) is 4.79 Å².